The number of nitrogens with zero attached hydrogens (tertiary/aromatic N) is 4. The van der Waals surface area contributed by atoms with Crippen molar-refractivity contribution in [3.8, 4) is 0 Å². The number of hydrogen-bond acceptors (Lipinski definition) is 6. The molecule has 3 heterocycles. The molecule has 1 unspecified atom stereocenters. The summed E-state index contributed by atoms with van der Waals surface area (Å²) >= 11 is 0. The van der Waals surface area contributed by atoms with Crippen LogP contribution >= 0.6 is 0 Å². The third-order valence-electron chi connectivity index (χ3n) is 4.50. The van der Waals surface area contributed by atoms with Gasteiger partial charge in [0.05, 0.1) is 11.5 Å². The van der Waals surface area contributed by atoms with Crippen molar-refractivity contribution in [3.63, 3.8) is 0 Å². The molecule has 0 bridgehead atoms. The smallest absolute Gasteiger partial charge is 0.272 e. The number of hydrogen-bond donors (Lipinski definition) is 0. The fourth-order valence-corrected chi connectivity index (χ4v) is 5.00. The lowest BCUT2D eigenvalue weighted by Gasteiger charge is -2.27. The molecule has 126 valence electrons. The number of carbonyl (C=O) groups excluding carboxylic acids is 1. The van der Waals surface area contributed by atoms with E-state index >= 15 is 0 Å². The van der Waals surface area contributed by atoms with Gasteiger partial charge in [-0.25, -0.2) is 18.4 Å². The second-order valence-corrected chi connectivity index (χ2v) is 8.31. The maximum absolute atomic E-state index is 12.5. The van der Waals surface area contributed by atoms with Gasteiger partial charge >= 0.3 is 0 Å². The monoisotopic (exact) mass is 338 g/mol. The van der Waals surface area contributed by atoms with Crippen LogP contribution in [0.5, 0.6) is 0 Å². The van der Waals surface area contributed by atoms with Gasteiger partial charge in [0.2, 0.25) is 5.95 Å². The van der Waals surface area contributed by atoms with Gasteiger partial charge in [0.25, 0.3) is 5.91 Å². The first kappa shape index (κ1) is 16.2. The molecule has 2 fully saturated rings. The van der Waals surface area contributed by atoms with Crippen molar-refractivity contribution >= 4 is 21.7 Å². The van der Waals surface area contributed by atoms with Crippen molar-refractivity contribution < 1.29 is 13.2 Å². The maximum atomic E-state index is 12.5. The molecule has 0 aliphatic carbocycles. The number of amides is 1. The molecule has 0 saturated carbocycles. The minimum absolute atomic E-state index is 0.0683. The topological polar surface area (TPSA) is 83.5 Å². The first-order chi connectivity index (χ1) is 11.0. The predicted molar refractivity (Wildman–Crippen MR) is 87.2 cm³/mol. The number of anilines is 1. The zero-order valence-electron chi connectivity index (χ0n) is 13.3. The molecule has 2 saturated heterocycles. The van der Waals surface area contributed by atoms with Crippen LogP contribution in [0.25, 0.3) is 0 Å². The summed E-state index contributed by atoms with van der Waals surface area (Å²) in [5.74, 6) is 0.718. The molecule has 0 aromatic carbocycles. The Morgan fingerprint density at radius 1 is 1.39 bits per heavy atom. The van der Waals surface area contributed by atoms with Gasteiger partial charge in [-0.3, -0.25) is 4.79 Å². The van der Waals surface area contributed by atoms with Gasteiger partial charge in [0, 0.05) is 31.9 Å². The number of aromatic nitrogens is 2. The van der Waals surface area contributed by atoms with Gasteiger partial charge in [-0.2, -0.15) is 0 Å². The molecule has 23 heavy (non-hydrogen) atoms. The van der Waals surface area contributed by atoms with E-state index < -0.39 is 9.84 Å². The lowest BCUT2D eigenvalue weighted by atomic mass is 10.2. The van der Waals surface area contributed by atoms with E-state index in [1.807, 2.05) is 16.7 Å². The highest BCUT2D eigenvalue weighted by Gasteiger charge is 2.33. The SMILES string of the molecule is CCN(c1nccc(C(=O)N2CCCC2)n1)C1CCS(=O)(=O)C1. The number of likely N-dealkylation sites (tertiary alicyclic amines) is 1. The van der Waals surface area contributed by atoms with Crippen LogP contribution in [-0.4, -0.2) is 66.4 Å². The highest BCUT2D eigenvalue weighted by atomic mass is 32.2. The summed E-state index contributed by atoms with van der Waals surface area (Å²) in [5.41, 5.74) is 0.385. The van der Waals surface area contributed by atoms with Crippen molar-refractivity contribution in [3.05, 3.63) is 18.0 Å². The van der Waals surface area contributed by atoms with Gasteiger partial charge in [-0.05, 0) is 32.3 Å². The summed E-state index contributed by atoms with van der Waals surface area (Å²) in [5, 5.41) is 0. The van der Waals surface area contributed by atoms with E-state index in [-0.39, 0.29) is 23.5 Å². The Kier molecular flexibility index (Phi) is 4.52. The summed E-state index contributed by atoms with van der Waals surface area (Å²) in [6, 6.07) is 1.52. The van der Waals surface area contributed by atoms with Crippen LogP contribution in [0.4, 0.5) is 5.95 Å². The van der Waals surface area contributed by atoms with E-state index in [9.17, 15) is 13.2 Å². The van der Waals surface area contributed by atoms with Crippen LogP contribution in [0.2, 0.25) is 0 Å². The Morgan fingerprint density at radius 2 is 2.13 bits per heavy atom. The average molecular weight is 338 g/mol. The molecule has 0 radical (unpaired) electrons. The van der Waals surface area contributed by atoms with Crippen LogP contribution < -0.4 is 4.90 Å². The summed E-state index contributed by atoms with van der Waals surface area (Å²) in [4.78, 5) is 24.8. The number of carbonyl (C=O) groups is 1. The summed E-state index contributed by atoms with van der Waals surface area (Å²) in [6.07, 6.45) is 4.23. The highest BCUT2D eigenvalue weighted by molar-refractivity contribution is 7.91. The normalized spacial score (nSPS) is 23.2. The van der Waals surface area contributed by atoms with E-state index in [0.29, 0.717) is 24.6 Å². The quantitative estimate of drug-likeness (QED) is 0.805. The van der Waals surface area contributed by atoms with Crippen LogP contribution in [0.15, 0.2) is 12.3 Å². The van der Waals surface area contributed by atoms with Crippen molar-refractivity contribution in [1.29, 1.82) is 0 Å². The number of sulfone groups is 1. The zero-order chi connectivity index (χ0) is 16.4. The van der Waals surface area contributed by atoms with Gasteiger partial charge in [-0.1, -0.05) is 0 Å². The van der Waals surface area contributed by atoms with E-state index in [0.717, 1.165) is 25.9 Å². The molecule has 2 aliphatic rings. The summed E-state index contributed by atoms with van der Waals surface area (Å²) in [6.45, 7) is 4.11. The Hall–Kier alpha value is -1.70. The average Bonchev–Trinajstić information content (AvgIpc) is 3.17. The van der Waals surface area contributed by atoms with E-state index in [2.05, 4.69) is 9.97 Å². The van der Waals surface area contributed by atoms with Crippen molar-refractivity contribution in [2.24, 2.45) is 0 Å². The second kappa shape index (κ2) is 6.43. The molecule has 0 N–H and O–H groups in total. The molecule has 1 amide bonds. The lowest BCUT2D eigenvalue weighted by Crippen LogP contribution is -2.38. The first-order valence-corrected chi connectivity index (χ1v) is 9.91. The molecule has 1 atom stereocenters. The fraction of sp³-hybridized carbons (Fsp3) is 0.667. The van der Waals surface area contributed by atoms with Crippen LogP contribution in [-0.2, 0) is 9.84 Å². The largest absolute Gasteiger partial charge is 0.337 e. The molecule has 0 spiro atoms. The Morgan fingerprint density at radius 3 is 2.74 bits per heavy atom. The fourth-order valence-electron chi connectivity index (χ4n) is 3.27. The van der Waals surface area contributed by atoms with E-state index in [1.54, 1.807) is 12.3 Å². The molecule has 1 aromatic rings. The van der Waals surface area contributed by atoms with Crippen molar-refractivity contribution in [2.75, 3.05) is 36.0 Å². The van der Waals surface area contributed by atoms with Crippen LogP contribution in [0, 0.1) is 0 Å². The maximum Gasteiger partial charge on any atom is 0.272 e. The molecule has 2 aliphatic heterocycles. The minimum Gasteiger partial charge on any atom is -0.337 e. The molecule has 8 heteroatoms. The standard InChI is InChI=1S/C15H22N4O3S/c1-2-19(12-6-10-23(21,22)11-12)15-16-7-5-13(17-15)14(20)18-8-3-4-9-18/h5,7,12H,2-4,6,8-11H2,1H3. The number of rotatable bonds is 4. The summed E-state index contributed by atoms with van der Waals surface area (Å²) in [7, 11) is -2.97. The highest BCUT2D eigenvalue weighted by Crippen LogP contribution is 2.22. The first-order valence-electron chi connectivity index (χ1n) is 8.09. The molecule has 7 nitrogen and oxygen atoms in total. The molecular weight excluding hydrogens is 316 g/mol. The minimum atomic E-state index is -2.97. The zero-order valence-corrected chi connectivity index (χ0v) is 14.1. The molecule has 1 aromatic heterocycles. The van der Waals surface area contributed by atoms with Crippen LogP contribution in [0.1, 0.15) is 36.7 Å². The third-order valence-corrected chi connectivity index (χ3v) is 6.25. The Labute approximate surface area is 136 Å². The third kappa shape index (κ3) is 3.46. The Balaban J connectivity index is 1.81. The Bertz CT molecular complexity index is 686. The van der Waals surface area contributed by atoms with Gasteiger partial charge in [0.1, 0.15) is 5.69 Å². The lowest BCUT2D eigenvalue weighted by molar-refractivity contribution is 0.0787. The molecule has 3 rings (SSSR count). The van der Waals surface area contributed by atoms with Gasteiger partial charge in [0.15, 0.2) is 9.84 Å². The predicted octanol–water partition coefficient (Wildman–Crippen LogP) is 0.726. The second-order valence-electron chi connectivity index (χ2n) is 6.08. The van der Waals surface area contributed by atoms with Crippen molar-refractivity contribution in [2.45, 2.75) is 32.2 Å². The van der Waals surface area contributed by atoms with E-state index in [1.165, 1.54) is 0 Å². The van der Waals surface area contributed by atoms with Gasteiger partial charge in [-0.15, -0.1) is 0 Å². The molecular formula is C15H22N4O3S. The van der Waals surface area contributed by atoms with Crippen molar-refractivity contribution in [1.82, 2.24) is 14.9 Å². The van der Waals surface area contributed by atoms with Gasteiger partial charge < -0.3 is 9.80 Å². The van der Waals surface area contributed by atoms with Crippen LogP contribution in [0.3, 0.4) is 0 Å². The summed E-state index contributed by atoms with van der Waals surface area (Å²) < 4.78 is 23.4. The van der Waals surface area contributed by atoms with E-state index in [4.69, 9.17) is 0 Å².